The molecule has 1 aliphatic carbocycles. The lowest BCUT2D eigenvalue weighted by molar-refractivity contribution is -0.145. The summed E-state index contributed by atoms with van der Waals surface area (Å²) >= 11 is 0. The van der Waals surface area contributed by atoms with E-state index in [1.165, 1.54) is 26.4 Å². The molecule has 1 aliphatic rings. The molecular formula is C11H20O4P+. The van der Waals surface area contributed by atoms with E-state index in [2.05, 4.69) is 4.74 Å². The van der Waals surface area contributed by atoms with Crippen LogP contribution in [0.25, 0.3) is 0 Å². The van der Waals surface area contributed by atoms with E-state index < -0.39 is 13.9 Å². The van der Waals surface area contributed by atoms with Crippen molar-refractivity contribution in [3.63, 3.8) is 0 Å². The molecule has 1 saturated carbocycles. The number of esters is 1. The SMILES string of the molecule is COC(=O)C(CC1CCCCC1)C[P+](=O)O. The number of methoxy groups -OCH3 is 1. The lowest BCUT2D eigenvalue weighted by atomic mass is 9.83. The van der Waals surface area contributed by atoms with Crippen LogP contribution >= 0.6 is 8.03 Å². The Kier molecular flexibility index (Phi) is 5.93. The van der Waals surface area contributed by atoms with E-state index in [9.17, 15) is 9.36 Å². The summed E-state index contributed by atoms with van der Waals surface area (Å²) in [5.41, 5.74) is 0. The van der Waals surface area contributed by atoms with Crippen molar-refractivity contribution in [2.45, 2.75) is 38.5 Å². The van der Waals surface area contributed by atoms with E-state index in [1.807, 2.05) is 0 Å². The van der Waals surface area contributed by atoms with Crippen molar-refractivity contribution in [1.82, 2.24) is 0 Å². The van der Waals surface area contributed by atoms with Crippen molar-refractivity contribution < 1.29 is 19.0 Å². The van der Waals surface area contributed by atoms with Crippen LogP contribution in [-0.4, -0.2) is 24.1 Å². The molecule has 1 rings (SSSR count). The molecule has 0 amide bonds. The maximum atomic E-state index is 11.5. The van der Waals surface area contributed by atoms with Crippen LogP contribution in [0.3, 0.4) is 0 Å². The number of ether oxygens (including phenoxy) is 1. The van der Waals surface area contributed by atoms with Crippen molar-refractivity contribution in [3.8, 4) is 0 Å². The Labute approximate surface area is 97.2 Å². The average molecular weight is 247 g/mol. The topological polar surface area (TPSA) is 63.6 Å². The Morgan fingerprint density at radius 3 is 2.56 bits per heavy atom. The Balaban J connectivity index is 2.47. The maximum absolute atomic E-state index is 11.5. The molecule has 0 aromatic carbocycles. The van der Waals surface area contributed by atoms with Crippen LogP contribution in [0, 0.1) is 11.8 Å². The smallest absolute Gasteiger partial charge is 0.469 e. The van der Waals surface area contributed by atoms with Gasteiger partial charge < -0.3 is 4.74 Å². The van der Waals surface area contributed by atoms with Gasteiger partial charge in [0.15, 0.2) is 6.16 Å². The molecule has 0 aromatic heterocycles. The molecule has 4 nitrogen and oxygen atoms in total. The lowest BCUT2D eigenvalue weighted by Gasteiger charge is -2.23. The van der Waals surface area contributed by atoms with Gasteiger partial charge in [-0.15, -0.1) is 0 Å². The predicted molar refractivity (Wildman–Crippen MR) is 61.4 cm³/mol. The van der Waals surface area contributed by atoms with Gasteiger partial charge in [0.1, 0.15) is 5.92 Å². The molecule has 16 heavy (non-hydrogen) atoms. The van der Waals surface area contributed by atoms with Crippen molar-refractivity contribution in [2.75, 3.05) is 13.3 Å². The summed E-state index contributed by atoms with van der Waals surface area (Å²) in [4.78, 5) is 20.4. The first-order chi connectivity index (χ1) is 7.63. The molecular weight excluding hydrogens is 227 g/mol. The van der Waals surface area contributed by atoms with Gasteiger partial charge in [-0.25, -0.2) is 0 Å². The number of carbonyl (C=O) groups excluding carboxylic acids is 1. The Hall–Kier alpha value is -0.470. The zero-order valence-electron chi connectivity index (χ0n) is 9.72. The van der Waals surface area contributed by atoms with Crippen LogP contribution in [0.4, 0.5) is 0 Å². The molecule has 0 radical (unpaired) electrons. The first-order valence-electron chi connectivity index (χ1n) is 5.85. The predicted octanol–water partition coefficient (Wildman–Crippen LogP) is 2.48. The van der Waals surface area contributed by atoms with Gasteiger partial charge >= 0.3 is 14.0 Å². The fourth-order valence-electron chi connectivity index (χ4n) is 2.43. The van der Waals surface area contributed by atoms with E-state index in [1.54, 1.807) is 0 Å². The quantitative estimate of drug-likeness (QED) is 0.598. The fourth-order valence-corrected chi connectivity index (χ4v) is 3.10. The summed E-state index contributed by atoms with van der Waals surface area (Å²) in [5, 5.41) is 0. The van der Waals surface area contributed by atoms with E-state index in [-0.39, 0.29) is 12.1 Å². The lowest BCUT2D eigenvalue weighted by Crippen LogP contribution is -2.23. The highest BCUT2D eigenvalue weighted by Gasteiger charge is 2.31. The summed E-state index contributed by atoms with van der Waals surface area (Å²) in [6.45, 7) is 0. The van der Waals surface area contributed by atoms with E-state index in [0.717, 1.165) is 12.8 Å². The van der Waals surface area contributed by atoms with Gasteiger partial charge in [-0.1, -0.05) is 32.1 Å². The second-order valence-corrected chi connectivity index (χ2v) is 5.56. The largest absolute Gasteiger partial charge is 0.506 e. The van der Waals surface area contributed by atoms with Crippen LogP contribution in [0.15, 0.2) is 0 Å². The molecule has 5 heteroatoms. The molecule has 2 atom stereocenters. The Bertz CT molecular complexity index is 248. The van der Waals surface area contributed by atoms with E-state index >= 15 is 0 Å². The zero-order valence-corrected chi connectivity index (χ0v) is 10.6. The highest BCUT2D eigenvalue weighted by atomic mass is 31.1. The third kappa shape index (κ3) is 4.58. The monoisotopic (exact) mass is 247 g/mol. The third-order valence-corrected chi connectivity index (χ3v) is 4.01. The van der Waals surface area contributed by atoms with E-state index in [0.29, 0.717) is 12.3 Å². The molecule has 0 saturated heterocycles. The van der Waals surface area contributed by atoms with Gasteiger partial charge in [-0.2, -0.15) is 4.89 Å². The van der Waals surface area contributed by atoms with Crippen LogP contribution in [0.1, 0.15) is 38.5 Å². The molecule has 0 aromatic rings. The number of hydrogen-bond acceptors (Lipinski definition) is 3. The Morgan fingerprint density at radius 1 is 1.44 bits per heavy atom. The molecule has 0 bridgehead atoms. The summed E-state index contributed by atoms with van der Waals surface area (Å²) in [5.74, 6) is -0.225. The maximum Gasteiger partial charge on any atom is 0.506 e. The van der Waals surface area contributed by atoms with Crippen molar-refractivity contribution in [1.29, 1.82) is 0 Å². The second kappa shape index (κ2) is 6.97. The first-order valence-corrected chi connectivity index (χ1v) is 7.24. The molecule has 1 N–H and O–H groups in total. The van der Waals surface area contributed by atoms with Gasteiger partial charge in [-0.05, 0) is 16.9 Å². The van der Waals surface area contributed by atoms with Crippen molar-refractivity contribution in [3.05, 3.63) is 0 Å². The molecule has 0 heterocycles. The minimum Gasteiger partial charge on any atom is -0.469 e. The minimum atomic E-state index is -2.26. The van der Waals surface area contributed by atoms with Crippen molar-refractivity contribution >= 4 is 14.0 Å². The van der Waals surface area contributed by atoms with Crippen LogP contribution in [0.2, 0.25) is 0 Å². The number of rotatable bonds is 5. The molecule has 2 unspecified atom stereocenters. The Morgan fingerprint density at radius 2 is 2.06 bits per heavy atom. The molecule has 0 spiro atoms. The third-order valence-electron chi connectivity index (χ3n) is 3.25. The normalized spacial score (nSPS) is 20.2. The van der Waals surface area contributed by atoms with Crippen molar-refractivity contribution in [2.24, 2.45) is 11.8 Å². The average Bonchev–Trinajstić information content (AvgIpc) is 2.28. The van der Waals surface area contributed by atoms with Gasteiger partial charge in [0, 0.05) is 0 Å². The highest BCUT2D eigenvalue weighted by Crippen LogP contribution is 2.32. The van der Waals surface area contributed by atoms with Crippen LogP contribution in [-0.2, 0) is 14.1 Å². The second-order valence-electron chi connectivity index (χ2n) is 4.49. The first kappa shape index (κ1) is 13.6. The van der Waals surface area contributed by atoms with Gasteiger partial charge in [0.2, 0.25) is 0 Å². The summed E-state index contributed by atoms with van der Waals surface area (Å²) < 4.78 is 15.5. The summed E-state index contributed by atoms with van der Waals surface area (Å²) in [6.07, 6.45) is 6.71. The number of carbonyl (C=O) groups is 1. The molecule has 92 valence electrons. The van der Waals surface area contributed by atoms with Crippen LogP contribution in [0.5, 0.6) is 0 Å². The number of hydrogen-bond donors (Lipinski definition) is 1. The molecule has 1 fully saturated rings. The zero-order chi connectivity index (χ0) is 12.0. The fraction of sp³-hybridized carbons (Fsp3) is 0.909. The van der Waals surface area contributed by atoms with Crippen LogP contribution < -0.4 is 0 Å². The minimum absolute atomic E-state index is 0.0402. The van der Waals surface area contributed by atoms with E-state index in [4.69, 9.17) is 4.89 Å². The van der Waals surface area contributed by atoms with Gasteiger partial charge in [0.05, 0.1) is 7.11 Å². The summed E-state index contributed by atoms with van der Waals surface area (Å²) in [7, 11) is -0.922. The summed E-state index contributed by atoms with van der Waals surface area (Å²) in [6, 6.07) is 0. The standard InChI is InChI=1S/C11H19O4P/c1-15-11(12)10(8-16(13)14)7-9-5-3-2-4-6-9/h9-10H,2-8H2,1H3/p+1. The van der Waals surface area contributed by atoms with Gasteiger partial charge in [-0.3, -0.25) is 4.79 Å². The van der Waals surface area contributed by atoms with Gasteiger partial charge in [0.25, 0.3) is 0 Å². The molecule has 0 aliphatic heterocycles. The highest BCUT2D eigenvalue weighted by molar-refractivity contribution is 7.38.